The fourth-order valence-electron chi connectivity index (χ4n) is 7.53. The average molecular weight is 872 g/mol. The molecule has 0 saturated carbocycles. The molecule has 4 heteroatoms. The van der Waals surface area contributed by atoms with Crippen molar-refractivity contribution in [3.8, 4) is 0 Å². The van der Waals surface area contributed by atoms with E-state index < -0.39 is 12.1 Å². The molecule has 0 aliphatic carbocycles. The highest BCUT2D eigenvalue weighted by molar-refractivity contribution is 5.76. The van der Waals surface area contributed by atoms with E-state index in [-0.39, 0.29) is 12.5 Å². The van der Waals surface area contributed by atoms with E-state index in [1.54, 1.807) is 0 Å². The third-order valence-corrected chi connectivity index (χ3v) is 11.5. The Hall–Kier alpha value is -2.95. The standard InChI is InChI=1S/C59H101NO3/c1-3-5-7-9-11-13-15-17-19-21-22-23-24-25-26-27-28-29-30-31-32-33-34-35-36-37-38-39-41-43-45-47-49-51-53-55-59(63)60-57(56-61)58(62)54-52-50-48-46-44-42-40-20-18-16-14-12-10-8-6-4-2/h5,7,11,13,17,19,22-23,25-26,28-29,31-32,34-35,37-38,57-58,61-62H,3-4,6,8-10,12,14-16,18,20-21,24,27,30,33,36,39-56H2,1-2H3,(H,60,63)/b7-5-,13-11-,19-17-,23-22-,26-25-,29-28-,32-31-,35-34-,38-37-. The summed E-state index contributed by atoms with van der Waals surface area (Å²) in [7, 11) is 0. The molecule has 0 spiro atoms. The molecular weight excluding hydrogens is 771 g/mol. The Kier molecular flexibility index (Phi) is 50.9. The molecule has 0 aromatic carbocycles. The highest BCUT2D eigenvalue weighted by Crippen LogP contribution is 2.16. The molecule has 0 fully saturated rings. The van der Waals surface area contributed by atoms with Gasteiger partial charge in [0, 0.05) is 6.42 Å². The van der Waals surface area contributed by atoms with Crippen LogP contribution in [0.3, 0.4) is 0 Å². The largest absolute Gasteiger partial charge is 0.394 e. The van der Waals surface area contributed by atoms with Gasteiger partial charge in [0.15, 0.2) is 0 Å². The van der Waals surface area contributed by atoms with Crippen molar-refractivity contribution in [1.29, 1.82) is 0 Å². The predicted octanol–water partition coefficient (Wildman–Crippen LogP) is 17.5. The summed E-state index contributed by atoms with van der Waals surface area (Å²) in [6, 6.07) is -0.550. The van der Waals surface area contributed by atoms with Crippen LogP contribution in [0, 0.1) is 0 Å². The summed E-state index contributed by atoms with van der Waals surface area (Å²) in [5.41, 5.74) is 0. The Morgan fingerprint density at radius 2 is 0.698 bits per heavy atom. The number of hydrogen-bond acceptors (Lipinski definition) is 3. The van der Waals surface area contributed by atoms with Gasteiger partial charge in [-0.2, -0.15) is 0 Å². The molecule has 0 saturated heterocycles. The normalized spacial score (nSPS) is 13.8. The Labute approximate surface area is 391 Å². The second-order valence-corrected chi connectivity index (χ2v) is 17.6. The quantitative estimate of drug-likeness (QED) is 0.0421. The lowest BCUT2D eigenvalue weighted by atomic mass is 10.0. The van der Waals surface area contributed by atoms with E-state index in [4.69, 9.17) is 0 Å². The number of aliphatic hydroxyl groups is 2. The molecule has 1 amide bonds. The lowest BCUT2D eigenvalue weighted by Crippen LogP contribution is -2.45. The van der Waals surface area contributed by atoms with Gasteiger partial charge in [-0.25, -0.2) is 0 Å². The molecule has 0 rings (SSSR count). The lowest BCUT2D eigenvalue weighted by Gasteiger charge is -2.22. The van der Waals surface area contributed by atoms with Gasteiger partial charge in [0.1, 0.15) is 0 Å². The minimum absolute atomic E-state index is 0.0463. The monoisotopic (exact) mass is 872 g/mol. The molecule has 2 unspecified atom stereocenters. The minimum Gasteiger partial charge on any atom is -0.394 e. The molecule has 0 aliphatic heterocycles. The first-order chi connectivity index (χ1) is 31.2. The molecule has 0 aromatic rings. The summed E-state index contributed by atoms with van der Waals surface area (Å²) < 4.78 is 0. The van der Waals surface area contributed by atoms with Crippen LogP contribution >= 0.6 is 0 Å². The van der Waals surface area contributed by atoms with Crippen molar-refractivity contribution in [2.75, 3.05) is 6.61 Å². The molecule has 360 valence electrons. The maximum absolute atomic E-state index is 12.5. The second kappa shape index (κ2) is 53.4. The zero-order chi connectivity index (χ0) is 45.6. The van der Waals surface area contributed by atoms with Crippen LogP contribution in [0.2, 0.25) is 0 Å². The van der Waals surface area contributed by atoms with Gasteiger partial charge in [0.2, 0.25) is 5.91 Å². The first-order valence-corrected chi connectivity index (χ1v) is 26.6. The van der Waals surface area contributed by atoms with E-state index in [2.05, 4.69) is 129 Å². The number of nitrogens with one attached hydrogen (secondary N) is 1. The first kappa shape index (κ1) is 60.1. The van der Waals surface area contributed by atoms with E-state index in [1.807, 2.05) is 0 Å². The molecule has 0 aromatic heterocycles. The summed E-state index contributed by atoms with van der Waals surface area (Å²) >= 11 is 0. The molecule has 3 N–H and O–H groups in total. The Bertz CT molecular complexity index is 1220. The van der Waals surface area contributed by atoms with Crippen molar-refractivity contribution in [3.05, 3.63) is 109 Å². The molecule has 2 atom stereocenters. The van der Waals surface area contributed by atoms with Gasteiger partial charge in [-0.3, -0.25) is 4.79 Å². The Balaban J connectivity index is 3.61. The zero-order valence-corrected chi connectivity index (χ0v) is 41.3. The Morgan fingerprint density at radius 3 is 1.05 bits per heavy atom. The number of unbranched alkanes of at least 4 members (excludes halogenated alkanes) is 22. The molecule has 4 nitrogen and oxygen atoms in total. The van der Waals surface area contributed by atoms with Crippen molar-refractivity contribution in [2.45, 2.75) is 251 Å². The van der Waals surface area contributed by atoms with Crippen LogP contribution in [0.4, 0.5) is 0 Å². The smallest absolute Gasteiger partial charge is 0.220 e. The van der Waals surface area contributed by atoms with Crippen molar-refractivity contribution < 1.29 is 15.0 Å². The van der Waals surface area contributed by atoms with Gasteiger partial charge in [0.05, 0.1) is 18.8 Å². The lowest BCUT2D eigenvalue weighted by molar-refractivity contribution is -0.123. The van der Waals surface area contributed by atoms with Crippen LogP contribution in [0.1, 0.15) is 239 Å². The first-order valence-electron chi connectivity index (χ1n) is 26.6. The summed E-state index contributed by atoms with van der Waals surface area (Å²) in [5.74, 6) is -0.0463. The fraction of sp³-hybridized carbons (Fsp3) is 0.678. The highest BCUT2D eigenvalue weighted by Gasteiger charge is 2.20. The number of carbonyl (C=O) groups excluding carboxylic acids is 1. The Morgan fingerprint density at radius 1 is 0.397 bits per heavy atom. The number of rotatable bonds is 47. The van der Waals surface area contributed by atoms with E-state index in [0.29, 0.717) is 12.8 Å². The van der Waals surface area contributed by atoms with Crippen molar-refractivity contribution in [2.24, 2.45) is 0 Å². The van der Waals surface area contributed by atoms with E-state index >= 15 is 0 Å². The van der Waals surface area contributed by atoms with Gasteiger partial charge in [-0.05, 0) is 83.5 Å². The molecular formula is C59H101NO3. The van der Waals surface area contributed by atoms with E-state index in [9.17, 15) is 15.0 Å². The molecule has 0 aliphatic rings. The summed E-state index contributed by atoms with van der Waals surface area (Å²) in [6.45, 7) is 4.24. The third-order valence-electron chi connectivity index (χ3n) is 11.5. The number of amides is 1. The van der Waals surface area contributed by atoms with Gasteiger partial charge < -0.3 is 15.5 Å². The van der Waals surface area contributed by atoms with Gasteiger partial charge in [-0.1, -0.05) is 258 Å². The van der Waals surface area contributed by atoms with Crippen LogP contribution in [0.15, 0.2) is 109 Å². The number of allylic oxidation sites excluding steroid dienone is 18. The van der Waals surface area contributed by atoms with Gasteiger partial charge in [-0.15, -0.1) is 0 Å². The zero-order valence-electron chi connectivity index (χ0n) is 41.3. The average Bonchev–Trinajstić information content (AvgIpc) is 3.29. The van der Waals surface area contributed by atoms with E-state index in [1.165, 1.54) is 116 Å². The van der Waals surface area contributed by atoms with Crippen LogP contribution in [-0.4, -0.2) is 34.9 Å². The van der Waals surface area contributed by atoms with E-state index in [0.717, 1.165) is 96.3 Å². The van der Waals surface area contributed by atoms with Crippen LogP contribution < -0.4 is 5.32 Å². The minimum atomic E-state index is -0.671. The summed E-state index contributed by atoms with van der Waals surface area (Å²) in [6.07, 6.45) is 80.5. The fourth-order valence-corrected chi connectivity index (χ4v) is 7.53. The van der Waals surface area contributed by atoms with Crippen LogP contribution in [0.25, 0.3) is 0 Å². The molecule has 0 heterocycles. The number of aliphatic hydroxyl groups excluding tert-OH is 2. The maximum atomic E-state index is 12.5. The van der Waals surface area contributed by atoms with Gasteiger partial charge in [0.25, 0.3) is 0 Å². The summed E-state index contributed by atoms with van der Waals surface area (Å²) in [5, 5.41) is 23.3. The number of carbonyl (C=O) groups is 1. The van der Waals surface area contributed by atoms with Crippen molar-refractivity contribution >= 4 is 5.91 Å². The molecule has 0 bridgehead atoms. The van der Waals surface area contributed by atoms with Crippen molar-refractivity contribution in [3.63, 3.8) is 0 Å². The van der Waals surface area contributed by atoms with Crippen LogP contribution in [0.5, 0.6) is 0 Å². The number of hydrogen-bond donors (Lipinski definition) is 3. The maximum Gasteiger partial charge on any atom is 0.220 e. The topological polar surface area (TPSA) is 69.6 Å². The SMILES string of the molecule is CC/C=C\C/C=C\C/C=C\C/C=C\C/C=C\C/C=C\C/C=C\C/C=C\C/C=C\CCCCCCCCCC(=O)NC(CO)C(O)CCCCCCCCCCCCCCCCCC. The van der Waals surface area contributed by atoms with Crippen molar-refractivity contribution in [1.82, 2.24) is 5.32 Å². The van der Waals surface area contributed by atoms with Crippen LogP contribution in [-0.2, 0) is 4.79 Å². The molecule has 0 radical (unpaired) electrons. The predicted molar refractivity (Wildman–Crippen MR) is 280 cm³/mol. The highest BCUT2D eigenvalue weighted by atomic mass is 16.3. The second-order valence-electron chi connectivity index (χ2n) is 17.6. The summed E-state index contributed by atoms with van der Waals surface area (Å²) in [4.78, 5) is 12.5. The third kappa shape index (κ3) is 49.9. The van der Waals surface area contributed by atoms with Gasteiger partial charge >= 0.3 is 0 Å². The molecule has 63 heavy (non-hydrogen) atoms.